The van der Waals surface area contributed by atoms with Crippen LogP contribution in [-0.4, -0.2) is 27.0 Å². The predicted molar refractivity (Wildman–Crippen MR) is 165 cm³/mol. The van der Waals surface area contributed by atoms with E-state index in [4.69, 9.17) is 4.98 Å². The second kappa shape index (κ2) is 11.9. The summed E-state index contributed by atoms with van der Waals surface area (Å²) in [7, 11) is 0. The molecule has 0 spiro atoms. The Bertz CT molecular complexity index is 1650. The third-order valence-corrected chi connectivity index (χ3v) is 8.83. The number of fused-ring (bicyclic) bond motifs is 3. The number of aromatic nitrogens is 2. The number of rotatable bonds is 8. The molecule has 1 saturated carbocycles. The van der Waals surface area contributed by atoms with Gasteiger partial charge < -0.3 is 10.4 Å². The van der Waals surface area contributed by atoms with Crippen LogP contribution in [0.15, 0.2) is 84.9 Å². The molecule has 3 aromatic carbocycles. The molecule has 0 bridgehead atoms. The molecule has 5 heteroatoms. The largest absolute Gasteiger partial charge is 0.394 e. The zero-order chi connectivity index (χ0) is 28.3. The van der Waals surface area contributed by atoms with E-state index < -0.39 is 6.04 Å². The molecular weight excluding hydrogens is 506 g/mol. The topological polar surface area (TPSA) is 66.6 Å². The van der Waals surface area contributed by atoms with Gasteiger partial charge in [0.2, 0.25) is 5.91 Å². The smallest absolute Gasteiger partial charge is 0.228 e. The van der Waals surface area contributed by atoms with Crippen molar-refractivity contribution in [3.63, 3.8) is 0 Å². The van der Waals surface area contributed by atoms with E-state index in [1.165, 1.54) is 34.1 Å². The number of carbonyl (C=O) groups is 1. The molecule has 6 rings (SSSR count). The van der Waals surface area contributed by atoms with Gasteiger partial charge >= 0.3 is 0 Å². The molecule has 1 amide bonds. The molecule has 2 aromatic heterocycles. The Labute approximate surface area is 242 Å². The van der Waals surface area contributed by atoms with E-state index >= 15 is 0 Å². The molecule has 1 aliphatic carbocycles. The highest BCUT2D eigenvalue weighted by atomic mass is 16.3. The Balaban J connectivity index is 1.31. The van der Waals surface area contributed by atoms with Crippen LogP contribution < -0.4 is 5.32 Å². The molecule has 0 saturated heterocycles. The summed E-state index contributed by atoms with van der Waals surface area (Å²) in [5.74, 6) is 0.0802. The number of hydrogen-bond acceptors (Lipinski definition) is 3. The van der Waals surface area contributed by atoms with Gasteiger partial charge in [-0.2, -0.15) is 0 Å². The number of para-hydroxylation sites is 1. The van der Waals surface area contributed by atoms with Crippen molar-refractivity contribution >= 4 is 22.5 Å². The minimum Gasteiger partial charge on any atom is -0.394 e. The molecule has 2 atom stereocenters. The fourth-order valence-corrected chi connectivity index (χ4v) is 6.84. The molecule has 2 heterocycles. The van der Waals surface area contributed by atoms with Gasteiger partial charge in [-0.3, -0.25) is 9.20 Å². The van der Waals surface area contributed by atoms with E-state index in [-0.39, 0.29) is 18.4 Å². The maximum absolute atomic E-state index is 13.9. The van der Waals surface area contributed by atoms with Crippen molar-refractivity contribution in [2.75, 3.05) is 6.61 Å². The number of aliphatic hydroxyl groups excluding tert-OH is 1. The molecule has 5 nitrogen and oxygen atoms in total. The minimum atomic E-state index is -0.412. The fraction of sp³-hybridized carbons (Fsp3) is 0.333. The van der Waals surface area contributed by atoms with Crippen LogP contribution >= 0.6 is 0 Å². The number of benzene rings is 3. The van der Waals surface area contributed by atoms with Crippen LogP contribution in [0, 0.1) is 19.8 Å². The molecule has 0 radical (unpaired) electrons. The van der Waals surface area contributed by atoms with Crippen molar-refractivity contribution in [1.82, 2.24) is 14.7 Å². The van der Waals surface area contributed by atoms with Crippen molar-refractivity contribution in [3.8, 4) is 0 Å². The van der Waals surface area contributed by atoms with Gasteiger partial charge in [0.05, 0.1) is 24.1 Å². The molecule has 5 aromatic rings. The number of aliphatic hydroxyl groups is 1. The van der Waals surface area contributed by atoms with Crippen molar-refractivity contribution in [3.05, 3.63) is 119 Å². The van der Waals surface area contributed by atoms with E-state index in [1.54, 1.807) is 0 Å². The lowest BCUT2D eigenvalue weighted by molar-refractivity contribution is -0.125. The van der Waals surface area contributed by atoms with Crippen molar-refractivity contribution < 1.29 is 9.90 Å². The van der Waals surface area contributed by atoms with Crippen LogP contribution in [0.4, 0.5) is 0 Å². The van der Waals surface area contributed by atoms with Gasteiger partial charge in [-0.25, -0.2) is 4.98 Å². The monoisotopic (exact) mass is 545 g/mol. The highest BCUT2D eigenvalue weighted by Gasteiger charge is 2.32. The van der Waals surface area contributed by atoms with Gasteiger partial charge in [-0.05, 0) is 61.4 Å². The highest BCUT2D eigenvalue weighted by molar-refractivity contribution is 5.91. The average Bonchev–Trinajstić information content (AvgIpc) is 3.31. The Morgan fingerprint density at radius 1 is 0.927 bits per heavy atom. The molecule has 41 heavy (non-hydrogen) atoms. The zero-order valence-corrected chi connectivity index (χ0v) is 24.0. The summed E-state index contributed by atoms with van der Waals surface area (Å²) >= 11 is 0. The Hall–Kier alpha value is -3.96. The summed E-state index contributed by atoms with van der Waals surface area (Å²) < 4.78 is 2.26. The fourth-order valence-electron chi connectivity index (χ4n) is 6.84. The van der Waals surface area contributed by atoms with Crippen LogP contribution in [0.2, 0.25) is 0 Å². The first-order chi connectivity index (χ1) is 20.0. The third kappa shape index (κ3) is 5.51. The van der Waals surface area contributed by atoms with E-state index in [9.17, 15) is 9.90 Å². The standard InChI is InChI=1S/C36H39N3O2/c1-24-21-25(2)39-33-16-10-9-15-30(33)31(35(39)37-24)22-26-17-19-29(20-18-26)34(28-13-7-4-8-14-28)36(41)38-32(23-40)27-11-5-3-6-12-27/h3,5-6,9-12,15-21,28,32,34,40H,4,7-8,13-14,22-23H2,1-2H3,(H,38,41)/t32-,34-/m0/s1. The summed E-state index contributed by atoms with van der Waals surface area (Å²) in [4.78, 5) is 18.8. The second-order valence-electron chi connectivity index (χ2n) is 11.6. The lowest BCUT2D eigenvalue weighted by Crippen LogP contribution is -2.38. The van der Waals surface area contributed by atoms with Gasteiger partial charge in [-0.1, -0.05) is 92.1 Å². The quantitative estimate of drug-likeness (QED) is 0.217. The first-order valence-corrected chi connectivity index (χ1v) is 14.9. The Morgan fingerprint density at radius 2 is 1.63 bits per heavy atom. The molecule has 1 fully saturated rings. The summed E-state index contributed by atoms with van der Waals surface area (Å²) in [6.45, 7) is 4.07. The summed E-state index contributed by atoms with van der Waals surface area (Å²) in [6, 6.07) is 28.7. The zero-order valence-electron chi connectivity index (χ0n) is 24.0. The number of nitrogens with one attached hydrogen (secondary N) is 1. The maximum atomic E-state index is 13.9. The molecule has 0 aliphatic heterocycles. The number of carbonyl (C=O) groups excluding carboxylic acids is 1. The van der Waals surface area contributed by atoms with Crippen LogP contribution in [0.25, 0.3) is 16.6 Å². The van der Waals surface area contributed by atoms with Crippen LogP contribution in [-0.2, 0) is 11.2 Å². The van der Waals surface area contributed by atoms with Crippen LogP contribution in [0.5, 0.6) is 0 Å². The minimum absolute atomic E-state index is 0.00660. The molecule has 0 unspecified atom stereocenters. The maximum Gasteiger partial charge on any atom is 0.228 e. The predicted octanol–water partition coefficient (Wildman–Crippen LogP) is 7.21. The Morgan fingerprint density at radius 3 is 2.37 bits per heavy atom. The number of aryl methyl sites for hydroxylation is 2. The summed E-state index contributed by atoms with van der Waals surface area (Å²) in [5.41, 5.74) is 8.82. The SMILES string of the molecule is Cc1cc(C)n2c(n1)c(Cc1ccc([C@@H](C(=O)N[C@@H](CO)c3ccccc3)C3CCCCC3)cc1)c1ccccc12. The molecule has 210 valence electrons. The summed E-state index contributed by atoms with van der Waals surface area (Å²) in [6.07, 6.45) is 6.45. The normalized spacial score (nSPS) is 15.7. The molecule has 1 aliphatic rings. The van der Waals surface area contributed by atoms with Gasteiger partial charge in [0, 0.05) is 28.8 Å². The first-order valence-electron chi connectivity index (χ1n) is 14.9. The van der Waals surface area contributed by atoms with E-state index in [0.29, 0.717) is 5.92 Å². The van der Waals surface area contributed by atoms with E-state index in [0.717, 1.165) is 54.6 Å². The third-order valence-electron chi connectivity index (χ3n) is 8.83. The second-order valence-corrected chi connectivity index (χ2v) is 11.6. The molecular formula is C36H39N3O2. The van der Waals surface area contributed by atoms with Gasteiger partial charge in [0.1, 0.15) is 5.65 Å². The lowest BCUT2D eigenvalue weighted by Gasteiger charge is -2.31. The number of nitrogens with zero attached hydrogens (tertiary/aromatic N) is 2. The molecule has 2 N–H and O–H groups in total. The average molecular weight is 546 g/mol. The summed E-state index contributed by atoms with van der Waals surface area (Å²) in [5, 5.41) is 14.5. The van der Waals surface area contributed by atoms with Gasteiger partial charge in [0.25, 0.3) is 0 Å². The van der Waals surface area contributed by atoms with Crippen molar-refractivity contribution in [2.24, 2.45) is 5.92 Å². The highest BCUT2D eigenvalue weighted by Crippen LogP contribution is 2.37. The first kappa shape index (κ1) is 27.2. The van der Waals surface area contributed by atoms with Gasteiger partial charge in [-0.15, -0.1) is 0 Å². The van der Waals surface area contributed by atoms with Crippen molar-refractivity contribution in [2.45, 2.75) is 64.3 Å². The van der Waals surface area contributed by atoms with Crippen LogP contribution in [0.1, 0.15) is 77.7 Å². The lowest BCUT2D eigenvalue weighted by atomic mass is 9.76. The number of hydrogen-bond donors (Lipinski definition) is 2. The van der Waals surface area contributed by atoms with E-state index in [2.05, 4.69) is 78.2 Å². The van der Waals surface area contributed by atoms with Gasteiger partial charge in [0.15, 0.2) is 0 Å². The number of amides is 1. The van der Waals surface area contributed by atoms with Crippen molar-refractivity contribution in [1.29, 1.82) is 0 Å². The Kier molecular flexibility index (Phi) is 7.89. The van der Waals surface area contributed by atoms with E-state index in [1.807, 2.05) is 30.3 Å². The van der Waals surface area contributed by atoms with Crippen LogP contribution in [0.3, 0.4) is 0 Å².